The SMILES string of the molecule is Cc1c[nH]c(CN2CCOC[C@@H](O)C2)c(C)c1=O. The molecule has 1 aromatic rings. The third-order valence-corrected chi connectivity index (χ3v) is 3.33. The normalized spacial score (nSPS) is 21.8. The Kier molecular flexibility index (Phi) is 4.16. The van der Waals surface area contributed by atoms with Crippen LogP contribution >= 0.6 is 0 Å². The maximum atomic E-state index is 11.9. The zero-order valence-corrected chi connectivity index (χ0v) is 10.9. The number of nitrogens with one attached hydrogen (secondary N) is 1. The van der Waals surface area contributed by atoms with Gasteiger partial charge in [0.25, 0.3) is 0 Å². The lowest BCUT2D eigenvalue weighted by atomic mass is 10.1. The van der Waals surface area contributed by atoms with Crippen molar-refractivity contribution in [1.82, 2.24) is 9.88 Å². The highest BCUT2D eigenvalue weighted by Gasteiger charge is 2.17. The number of hydrogen-bond donors (Lipinski definition) is 2. The van der Waals surface area contributed by atoms with Gasteiger partial charge in [-0.25, -0.2) is 0 Å². The van der Waals surface area contributed by atoms with E-state index in [0.717, 1.165) is 23.4 Å². The molecule has 0 bridgehead atoms. The van der Waals surface area contributed by atoms with Gasteiger partial charge in [0.05, 0.1) is 19.3 Å². The van der Waals surface area contributed by atoms with Crippen LogP contribution in [-0.4, -0.2) is 47.4 Å². The lowest BCUT2D eigenvalue weighted by Crippen LogP contribution is -2.33. The van der Waals surface area contributed by atoms with E-state index in [2.05, 4.69) is 9.88 Å². The zero-order valence-electron chi connectivity index (χ0n) is 10.9. The molecule has 1 fully saturated rings. The van der Waals surface area contributed by atoms with Crippen LogP contribution in [0.2, 0.25) is 0 Å². The van der Waals surface area contributed by atoms with Crippen molar-refractivity contribution < 1.29 is 9.84 Å². The summed E-state index contributed by atoms with van der Waals surface area (Å²) in [7, 11) is 0. The Balaban J connectivity index is 2.13. The topological polar surface area (TPSA) is 65.6 Å². The molecule has 0 aromatic carbocycles. The molecule has 0 unspecified atom stereocenters. The molecule has 5 nitrogen and oxygen atoms in total. The van der Waals surface area contributed by atoms with Crippen molar-refractivity contribution in [2.45, 2.75) is 26.5 Å². The largest absolute Gasteiger partial charge is 0.389 e. The summed E-state index contributed by atoms with van der Waals surface area (Å²) in [5, 5.41) is 9.67. The Hall–Kier alpha value is -1.17. The van der Waals surface area contributed by atoms with Crippen molar-refractivity contribution in [2.75, 3.05) is 26.3 Å². The number of β-amino-alcohol motifs (C(OH)–C–C–N with tert-alkyl or cyclic N) is 1. The second kappa shape index (κ2) is 5.65. The average Bonchev–Trinajstić information content (AvgIpc) is 2.54. The molecular weight excluding hydrogens is 232 g/mol. The first kappa shape index (κ1) is 13.3. The molecule has 5 heteroatoms. The first-order chi connectivity index (χ1) is 8.58. The van der Waals surface area contributed by atoms with E-state index in [1.165, 1.54) is 0 Å². The van der Waals surface area contributed by atoms with E-state index >= 15 is 0 Å². The third kappa shape index (κ3) is 2.98. The van der Waals surface area contributed by atoms with Crippen LogP contribution in [0.5, 0.6) is 0 Å². The van der Waals surface area contributed by atoms with Gasteiger partial charge in [-0.15, -0.1) is 0 Å². The third-order valence-electron chi connectivity index (χ3n) is 3.33. The molecule has 1 saturated heterocycles. The molecule has 1 aliphatic heterocycles. The number of aromatic amines is 1. The summed E-state index contributed by atoms with van der Waals surface area (Å²) in [4.78, 5) is 17.1. The summed E-state index contributed by atoms with van der Waals surface area (Å²) in [5.41, 5.74) is 2.50. The summed E-state index contributed by atoms with van der Waals surface area (Å²) in [6.07, 6.45) is 1.29. The van der Waals surface area contributed by atoms with Gasteiger partial charge in [0.2, 0.25) is 0 Å². The summed E-state index contributed by atoms with van der Waals surface area (Å²) < 4.78 is 5.28. The molecule has 100 valence electrons. The van der Waals surface area contributed by atoms with Gasteiger partial charge in [-0.3, -0.25) is 9.69 Å². The molecule has 1 aromatic heterocycles. The monoisotopic (exact) mass is 252 g/mol. The van der Waals surface area contributed by atoms with Crippen molar-refractivity contribution in [3.8, 4) is 0 Å². The van der Waals surface area contributed by atoms with Crippen LogP contribution in [0.3, 0.4) is 0 Å². The van der Waals surface area contributed by atoms with Crippen LogP contribution in [0.4, 0.5) is 0 Å². The molecule has 2 N–H and O–H groups in total. The number of ether oxygens (including phenoxy) is 1. The zero-order chi connectivity index (χ0) is 13.1. The average molecular weight is 252 g/mol. The predicted octanol–water partition coefficient (Wildman–Crippen LogP) is 0.185. The number of nitrogens with zero attached hydrogens (tertiary/aromatic N) is 1. The van der Waals surface area contributed by atoms with Gasteiger partial charge >= 0.3 is 0 Å². The van der Waals surface area contributed by atoms with Crippen molar-refractivity contribution in [2.24, 2.45) is 0 Å². The molecule has 1 aliphatic rings. The van der Waals surface area contributed by atoms with Gasteiger partial charge < -0.3 is 14.8 Å². The lowest BCUT2D eigenvalue weighted by Gasteiger charge is -2.21. The van der Waals surface area contributed by atoms with Crippen molar-refractivity contribution in [3.05, 3.63) is 33.2 Å². The maximum Gasteiger partial charge on any atom is 0.187 e. The number of H-pyrrole nitrogens is 1. The number of hydrogen-bond acceptors (Lipinski definition) is 4. The first-order valence-corrected chi connectivity index (χ1v) is 6.24. The molecule has 18 heavy (non-hydrogen) atoms. The van der Waals surface area contributed by atoms with Gasteiger partial charge in [-0.1, -0.05) is 0 Å². The maximum absolute atomic E-state index is 11.9. The molecule has 0 spiro atoms. The Labute approximate surface area is 106 Å². The van der Waals surface area contributed by atoms with E-state index in [1.54, 1.807) is 13.1 Å². The first-order valence-electron chi connectivity index (χ1n) is 6.24. The second-order valence-electron chi connectivity index (χ2n) is 4.87. The van der Waals surface area contributed by atoms with Crippen molar-refractivity contribution >= 4 is 0 Å². The quantitative estimate of drug-likeness (QED) is 0.788. The molecule has 0 radical (unpaired) electrons. The van der Waals surface area contributed by atoms with Crippen LogP contribution in [-0.2, 0) is 11.3 Å². The van der Waals surface area contributed by atoms with E-state index in [1.807, 2.05) is 6.92 Å². The van der Waals surface area contributed by atoms with Gasteiger partial charge in [0.1, 0.15) is 0 Å². The van der Waals surface area contributed by atoms with Crippen LogP contribution in [0.15, 0.2) is 11.0 Å². The summed E-state index contributed by atoms with van der Waals surface area (Å²) in [5.74, 6) is 0. The predicted molar refractivity (Wildman–Crippen MR) is 68.6 cm³/mol. The number of aliphatic hydroxyl groups is 1. The fourth-order valence-electron chi connectivity index (χ4n) is 2.19. The molecule has 0 saturated carbocycles. The van der Waals surface area contributed by atoms with Crippen molar-refractivity contribution in [3.63, 3.8) is 0 Å². The number of aromatic nitrogens is 1. The Morgan fingerprint density at radius 3 is 3.11 bits per heavy atom. The van der Waals surface area contributed by atoms with E-state index in [-0.39, 0.29) is 5.43 Å². The molecule has 1 atom stereocenters. The standard InChI is InChI=1S/C13H20N2O3/c1-9-5-14-12(10(2)13(9)17)7-15-3-4-18-8-11(16)6-15/h5,11,16H,3-4,6-8H2,1-2H3,(H,14,17)/t11-/m0/s1. The summed E-state index contributed by atoms with van der Waals surface area (Å²) in [6.45, 7) is 6.64. The van der Waals surface area contributed by atoms with Crippen LogP contribution in [0, 0.1) is 13.8 Å². The number of aliphatic hydroxyl groups excluding tert-OH is 1. The Morgan fingerprint density at radius 1 is 1.56 bits per heavy atom. The van der Waals surface area contributed by atoms with Gasteiger partial charge in [-0.05, 0) is 13.8 Å². The summed E-state index contributed by atoms with van der Waals surface area (Å²) >= 11 is 0. The summed E-state index contributed by atoms with van der Waals surface area (Å²) in [6, 6.07) is 0. The highest BCUT2D eigenvalue weighted by Crippen LogP contribution is 2.08. The highest BCUT2D eigenvalue weighted by molar-refractivity contribution is 5.23. The minimum atomic E-state index is -0.454. The molecule has 2 heterocycles. The molecular formula is C13H20N2O3. The smallest absolute Gasteiger partial charge is 0.187 e. The van der Waals surface area contributed by atoms with Gasteiger partial charge in [-0.2, -0.15) is 0 Å². The van der Waals surface area contributed by atoms with Gasteiger partial charge in [0.15, 0.2) is 5.43 Å². The number of aryl methyl sites for hydroxylation is 1. The van der Waals surface area contributed by atoms with Crippen LogP contribution < -0.4 is 5.43 Å². The number of pyridine rings is 1. The second-order valence-corrected chi connectivity index (χ2v) is 4.87. The lowest BCUT2D eigenvalue weighted by molar-refractivity contribution is 0.0561. The van der Waals surface area contributed by atoms with E-state index < -0.39 is 6.10 Å². The fourth-order valence-corrected chi connectivity index (χ4v) is 2.19. The molecule has 0 amide bonds. The van der Waals surface area contributed by atoms with Crippen molar-refractivity contribution in [1.29, 1.82) is 0 Å². The molecule has 2 rings (SSSR count). The number of rotatable bonds is 2. The molecule has 0 aliphatic carbocycles. The fraction of sp³-hybridized carbons (Fsp3) is 0.615. The minimum absolute atomic E-state index is 0.0929. The van der Waals surface area contributed by atoms with Crippen LogP contribution in [0.1, 0.15) is 16.8 Å². The van der Waals surface area contributed by atoms with Gasteiger partial charge in [0, 0.05) is 42.7 Å². The van der Waals surface area contributed by atoms with E-state index in [0.29, 0.717) is 26.3 Å². The highest BCUT2D eigenvalue weighted by atomic mass is 16.5. The Bertz CT molecular complexity index is 470. The van der Waals surface area contributed by atoms with Crippen LogP contribution in [0.25, 0.3) is 0 Å². The minimum Gasteiger partial charge on any atom is -0.389 e. The van der Waals surface area contributed by atoms with E-state index in [4.69, 9.17) is 4.74 Å². The van der Waals surface area contributed by atoms with E-state index in [9.17, 15) is 9.90 Å². The Morgan fingerprint density at radius 2 is 2.33 bits per heavy atom.